The smallest absolute Gasteiger partial charge is 0.265 e. The molecule has 1 N–H and O–H groups in total. The number of nitrogens with one attached hydrogen (secondary N) is 1. The third kappa shape index (κ3) is 4.55. The highest BCUT2D eigenvalue weighted by Crippen LogP contribution is 2.36. The van der Waals surface area contributed by atoms with E-state index in [0.717, 1.165) is 10.0 Å². The van der Waals surface area contributed by atoms with Gasteiger partial charge in [-0.2, -0.15) is 0 Å². The average molecular weight is 497 g/mol. The third-order valence-electron chi connectivity index (χ3n) is 5.06. The van der Waals surface area contributed by atoms with E-state index >= 15 is 0 Å². The predicted octanol–water partition coefficient (Wildman–Crippen LogP) is 4.64. The Labute approximate surface area is 194 Å². The normalized spacial score (nSPS) is 12.6. The highest BCUT2D eigenvalue weighted by molar-refractivity contribution is 9.10. The lowest BCUT2D eigenvalue weighted by atomic mass is 10.1. The molecule has 0 spiro atoms. The molecule has 164 valence electrons. The largest absolute Gasteiger partial charge is 0.493 e. The second-order valence-corrected chi connectivity index (χ2v) is 8.02. The molecule has 1 aliphatic heterocycles. The zero-order valence-corrected chi connectivity index (χ0v) is 19.1. The summed E-state index contributed by atoms with van der Waals surface area (Å²) >= 11 is 3.42. The van der Waals surface area contributed by atoms with Crippen LogP contribution in [0, 0.1) is 0 Å². The molecule has 3 aromatic carbocycles. The minimum absolute atomic E-state index is 0.0269. The fourth-order valence-electron chi connectivity index (χ4n) is 3.41. The van der Waals surface area contributed by atoms with Crippen molar-refractivity contribution in [3.05, 3.63) is 76.3 Å². The molecule has 0 bridgehead atoms. The number of fused-ring (bicyclic) bond motifs is 1. The minimum atomic E-state index is -0.312. The van der Waals surface area contributed by atoms with Crippen LogP contribution in [0.3, 0.4) is 0 Å². The van der Waals surface area contributed by atoms with Crippen molar-refractivity contribution in [3.8, 4) is 17.2 Å². The van der Waals surface area contributed by atoms with Crippen LogP contribution in [-0.4, -0.2) is 32.6 Å². The number of benzene rings is 3. The van der Waals surface area contributed by atoms with Gasteiger partial charge in [0.1, 0.15) is 5.75 Å². The maximum Gasteiger partial charge on any atom is 0.265 e. The maximum absolute atomic E-state index is 12.8. The third-order valence-corrected chi connectivity index (χ3v) is 5.59. The van der Waals surface area contributed by atoms with Gasteiger partial charge in [-0.15, -0.1) is 0 Å². The molecule has 4 rings (SSSR count). The van der Waals surface area contributed by atoms with Gasteiger partial charge in [-0.3, -0.25) is 9.59 Å². The Kier molecular flexibility index (Phi) is 6.32. The molecule has 1 aliphatic rings. The van der Waals surface area contributed by atoms with Crippen molar-refractivity contribution in [1.29, 1.82) is 0 Å². The first-order valence-electron chi connectivity index (χ1n) is 9.83. The van der Waals surface area contributed by atoms with Gasteiger partial charge in [-0.05, 0) is 54.1 Å². The molecule has 0 fully saturated rings. The molecule has 3 aromatic rings. The van der Waals surface area contributed by atoms with Gasteiger partial charge in [0.05, 0.1) is 26.5 Å². The Morgan fingerprint density at radius 2 is 1.78 bits per heavy atom. The summed E-state index contributed by atoms with van der Waals surface area (Å²) < 4.78 is 17.0. The van der Waals surface area contributed by atoms with E-state index in [1.165, 1.54) is 14.2 Å². The summed E-state index contributed by atoms with van der Waals surface area (Å²) in [5.41, 5.74) is 2.55. The Balaban J connectivity index is 1.58. The molecule has 0 unspecified atom stereocenters. The minimum Gasteiger partial charge on any atom is -0.493 e. The Hall–Kier alpha value is -3.52. The summed E-state index contributed by atoms with van der Waals surface area (Å²) in [7, 11) is 3.05. The molecule has 0 aliphatic carbocycles. The molecule has 0 saturated carbocycles. The number of anilines is 2. The van der Waals surface area contributed by atoms with E-state index in [2.05, 4.69) is 21.2 Å². The highest BCUT2D eigenvalue weighted by atomic mass is 79.9. The van der Waals surface area contributed by atoms with E-state index in [9.17, 15) is 9.59 Å². The summed E-state index contributed by atoms with van der Waals surface area (Å²) in [4.78, 5) is 27.0. The standard InChI is InChI=1S/C24H21BrN2O5/c1-30-21-9-5-16(11-22(21)31-2)24(29)26-18-8-10-20-19(12-18)27(23(28)14-32-20)13-15-3-6-17(25)7-4-15/h3-12H,13-14H2,1-2H3,(H,26,29). The van der Waals surface area contributed by atoms with Crippen molar-refractivity contribution in [2.45, 2.75) is 6.54 Å². The van der Waals surface area contributed by atoms with Gasteiger partial charge in [0.2, 0.25) is 0 Å². The number of rotatable bonds is 6. The number of amides is 2. The second kappa shape index (κ2) is 9.32. The van der Waals surface area contributed by atoms with E-state index in [1.807, 2.05) is 24.3 Å². The van der Waals surface area contributed by atoms with Gasteiger partial charge in [0.15, 0.2) is 18.1 Å². The molecule has 0 atom stereocenters. The molecule has 2 amide bonds. The molecule has 0 saturated heterocycles. The van der Waals surface area contributed by atoms with Gasteiger partial charge < -0.3 is 24.4 Å². The first-order chi connectivity index (χ1) is 15.5. The van der Waals surface area contributed by atoms with E-state index in [-0.39, 0.29) is 18.4 Å². The van der Waals surface area contributed by atoms with Crippen LogP contribution in [0.2, 0.25) is 0 Å². The second-order valence-electron chi connectivity index (χ2n) is 7.10. The summed E-state index contributed by atoms with van der Waals surface area (Å²) in [6, 6.07) is 17.9. The molecule has 1 heterocycles. The quantitative estimate of drug-likeness (QED) is 0.537. The van der Waals surface area contributed by atoms with Crippen LogP contribution in [0.5, 0.6) is 17.2 Å². The predicted molar refractivity (Wildman–Crippen MR) is 125 cm³/mol. The van der Waals surface area contributed by atoms with Crippen molar-refractivity contribution in [2.24, 2.45) is 0 Å². The van der Waals surface area contributed by atoms with Crippen LogP contribution >= 0.6 is 15.9 Å². The Morgan fingerprint density at radius 3 is 2.50 bits per heavy atom. The van der Waals surface area contributed by atoms with E-state index in [4.69, 9.17) is 14.2 Å². The van der Waals surface area contributed by atoms with E-state index in [0.29, 0.717) is 40.7 Å². The van der Waals surface area contributed by atoms with Crippen molar-refractivity contribution in [2.75, 3.05) is 31.0 Å². The lowest BCUT2D eigenvalue weighted by Gasteiger charge is -2.30. The summed E-state index contributed by atoms with van der Waals surface area (Å²) in [5.74, 6) is 1.13. The van der Waals surface area contributed by atoms with Gasteiger partial charge in [0.25, 0.3) is 11.8 Å². The number of nitrogens with zero attached hydrogens (tertiary/aromatic N) is 1. The number of hydrogen-bond acceptors (Lipinski definition) is 5. The lowest BCUT2D eigenvalue weighted by molar-refractivity contribution is -0.121. The molecule has 8 heteroatoms. The monoisotopic (exact) mass is 496 g/mol. The lowest BCUT2D eigenvalue weighted by Crippen LogP contribution is -2.38. The zero-order chi connectivity index (χ0) is 22.7. The zero-order valence-electron chi connectivity index (χ0n) is 17.6. The summed E-state index contributed by atoms with van der Waals surface area (Å²) in [6.07, 6.45) is 0. The van der Waals surface area contributed by atoms with E-state index < -0.39 is 0 Å². The Morgan fingerprint density at radius 1 is 1.03 bits per heavy atom. The van der Waals surface area contributed by atoms with E-state index in [1.54, 1.807) is 41.3 Å². The number of methoxy groups -OCH3 is 2. The molecule has 7 nitrogen and oxygen atoms in total. The maximum atomic E-state index is 12.8. The SMILES string of the molecule is COc1ccc(C(=O)Nc2ccc3c(c2)N(Cc2ccc(Br)cc2)C(=O)CO3)cc1OC. The van der Waals surface area contributed by atoms with Crippen molar-refractivity contribution < 1.29 is 23.8 Å². The van der Waals surface area contributed by atoms with Crippen LogP contribution in [0.4, 0.5) is 11.4 Å². The van der Waals surface area contributed by atoms with Gasteiger partial charge in [0, 0.05) is 15.7 Å². The van der Waals surface area contributed by atoms with Crippen molar-refractivity contribution >= 4 is 39.1 Å². The van der Waals surface area contributed by atoms with Crippen LogP contribution < -0.4 is 24.4 Å². The van der Waals surface area contributed by atoms with Crippen LogP contribution in [0.1, 0.15) is 15.9 Å². The first kappa shape index (κ1) is 21.7. The fraction of sp³-hybridized carbons (Fsp3) is 0.167. The molecular formula is C24H21BrN2O5. The first-order valence-corrected chi connectivity index (χ1v) is 10.6. The highest BCUT2D eigenvalue weighted by Gasteiger charge is 2.26. The Bertz CT molecular complexity index is 1160. The molecule has 0 radical (unpaired) electrons. The summed E-state index contributed by atoms with van der Waals surface area (Å²) in [5, 5.41) is 2.87. The van der Waals surface area contributed by atoms with Gasteiger partial charge in [-0.1, -0.05) is 28.1 Å². The molecule has 32 heavy (non-hydrogen) atoms. The number of halogens is 1. The van der Waals surface area contributed by atoms with Crippen LogP contribution in [0.25, 0.3) is 0 Å². The molecular weight excluding hydrogens is 476 g/mol. The van der Waals surface area contributed by atoms with Crippen molar-refractivity contribution in [1.82, 2.24) is 0 Å². The number of ether oxygens (including phenoxy) is 3. The average Bonchev–Trinajstić information content (AvgIpc) is 2.81. The number of hydrogen-bond donors (Lipinski definition) is 1. The number of carbonyl (C=O) groups is 2. The van der Waals surface area contributed by atoms with Crippen molar-refractivity contribution in [3.63, 3.8) is 0 Å². The topological polar surface area (TPSA) is 77.1 Å². The summed E-state index contributed by atoms with van der Waals surface area (Å²) in [6.45, 7) is 0.371. The fourth-order valence-corrected chi connectivity index (χ4v) is 3.67. The number of carbonyl (C=O) groups excluding carboxylic acids is 2. The van der Waals surface area contributed by atoms with Gasteiger partial charge >= 0.3 is 0 Å². The molecule has 0 aromatic heterocycles. The van der Waals surface area contributed by atoms with Crippen LogP contribution in [-0.2, 0) is 11.3 Å². The van der Waals surface area contributed by atoms with Crippen LogP contribution in [0.15, 0.2) is 65.1 Å². The van der Waals surface area contributed by atoms with Gasteiger partial charge in [-0.25, -0.2) is 0 Å².